The average molecular weight is 333 g/mol. The molecule has 0 aliphatic carbocycles. The Kier molecular flexibility index (Phi) is 4.58. The third-order valence-corrected chi connectivity index (χ3v) is 4.81. The quantitative estimate of drug-likeness (QED) is 0.861. The van der Waals surface area contributed by atoms with Crippen molar-refractivity contribution in [3.05, 3.63) is 35.6 Å². The van der Waals surface area contributed by atoms with Crippen LogP contribution in [-0.2, 0) is 11.3 Å². The molecular weight excluding hydrogens is 309 g/mol. The van der Waals surface area contributed by atoms with Gasteiger partial charge in [0.25, 0.3) is 5.91 Å². The molecule has 2 saturated heterocycles. The molecule has 2 fully saturated rings. The summed E-state index contributed by atoms with van der Waals surface area (Å²) < 4.78 is 13.3. The maximum absolute atomic E-state index is 13.3. The molecule has 3 rings (SSSR count). The molecule has 1 spiro atoms. The van der Waals surface area contributed by atoms with Crippen LogP contribution in [0.5, 0.6) is 0 Å². The van der Waals surface area contributed by atoms with E-state index in [-0.39, 0.29) is 24.3 Å². The van der Waals surface area contributed by atoms with Gasteiger partial charge in [-0.1, -0.05) is 26.0 Å². The van der Waals surface area contributed by atoms with E-state index >= 15 is 0 Å². The second kappa shape index (κ2) is 6.51. The Hall–Kier alpha value is -1.95. The highest BCUT2D eigenvalue weighted by Gasteiger charge is 2.52. The van der Waals surface area contributed by atoms with Crippen LogP contribution in [0.25, 0.3) is 0 Å². The van der Waals surface area contributed by atoms with Gasteiger partial charge in [-0.15, -0.1) is 0 Å². The van der Waals surface area contributed by atoms with Gasteiger partial charge >= 0.3 is 6.03 Å². The summed E-state index contributed by atoms with van der Waals surface area (Å²) in [7, 11) is 0. The number of carbonyl (C=O) groups excluding carboxylic acids is 2. The molecule has 1 aromatic rings. The zero-order chi connectivity index (χ0) is 17.3. The molecule has 0 unspecified atom stereocenters. The fourth-order valence-corrected chi connectivity index (χ4v) is 3.61. The number of hydrogen-bond donors (Lipinski definition) is 1. The van der Waals surface area contributed by atoms with Crippen molar-refractivity contribution in [2.45, 2.75) is 38.8 Å². The molecule has 1 N–H and O–H groups in total. The molecule has 0 saturated carbocycles. The first kappa shape index (κ1) is 16.9. The third-order valence-electron chi connectivity index (χ3n) is 4.81. The van der Waals surface area contributed by atoms with E-state index in [0.29, 0.717) is 24.3 Å². The van der Waals surface area contributed by atoms with E-state index in [0.717, 1.165) is 19.6 Å². The van der Waals surface area contributed by atoms with E-state index in [2.05, 4.69) is 24.1 Å². The Morgan fingerprint density at radius 2 is 1.96 bits per heavy atom. The molecule has 5 nitrogen and oxygen atoms in total. The largest absolute Gasteiger partial charge is 0.325 e. The van der Waals surface area contributed by atoms with Crippen molar-refractivity contribution in [3.63, 3.8) is 0 Å². The number of nitrogens with zero attached hydrogens (tertiary/aromatic N) is 2. The molecule has 0 atom stereocenters. The number of amides is 3. The summed E-state index contributed by atoms with van der Waals surface area (Å²) in [5.74, 6) is 0.0367. The minimum absolute atomic E-state index is 0.111. The van der Waals surface area contributed by atoms with Crippen molar-refractivity contribution in [1.82, 2.24) is 15.1 Å². The number of nitrogens with one attached hydrogen (secondary N) is 1. The van der Waals surface area contributed by atoms with Crippen molar-refractivity contribution < 1.29 is 14.0 Å². The summed E-state index contributed by atoms with van der Waals surface area (Å²) >= 11 is 0. The second-order valence-electron chi connectivity index (χ2n) is 7.23. The minimum atomic E-state index is -0.780. The number of carbonyl (C=O) groups is 2. The van der Waals surface area contributed by atoms with Crippen molar-refractivity contribution in [2.24, 2.45) is 5.92 Å². The summed E-state index contributed by atoms with van der Waals surface area (Å²) in [6.07, 6.45) is 1.26. The molecule has 0 bridgehead atoms. The van der Waals surface area contributed by atoms with E-state index in [1.807, 2.05) is 0 Å². The molecule has 0 radical (unpaired) electrons. The molecule has 0 aromatic heterocycles. The normalized spacial score (nSPS) is 20.9. The van der Waals surface area contributed by atoms with Crippen molar-refractivity contribution in [3.8, 4) is 0 Å². The highest BCUT2D eigenvalue weighted by atomic mass is 19.1. The lowest BCUT2D eigenvalue weighted by molar-refractivity contribution is -0.133. The van der Waals surface area contributed by atoms with Gasteiger partial charge < -0.3 is 10.2 Å². The Labute approximate surface area is 141 Å². The molecular formula is C18H24FN3O2. The first-order valence-corrected chi connectivity index (χ1v) is 8.50. The van der Waals surface area contributed by atoms with Gasteiger partial charge in [-0.05, 0) is 36.5 Å². The number of imide groups is 1. The van der Waals surface area contributed by atoms with E-state index < -0.39 is 5.54 Å². The van der Waals surface area contributed by atoms with Crippen LogP contribution in [-0.4, -0.2) is 46.9 Å². The summed E-state index contributed by atoms with van der Waals surface area (Å²) in [5.41, 5.74) is -0.162. The van der Waals surface area contributed by atoms with Gasteiger partial charge in [0.1, 0.15) is 11.4 Å². The maximum Gasteiger partial charge on any atom is 0.325 e. The molecule has 3 amide bonds. The van der Waals surface area contributed by atoms with Crippen LogP contribution in [0.1, 0.15) is 32.3 Å². The number of urea groups is 1. The van der Waals surface area contributed by atoms with Crippen LogP contribution in [0.15, 0.2) is 24.3 Å². The molecule has 2 aliphatic rings. The fourth-order valence-electron chi connectivity index (χ4n) is 3.61. The van der Waals surface area contributed by atoms with Crippen LogP contribution in [0, 0.1) is 11.7 Å². The lowest BCUT2D eigenvalue weighted by atomic mass is 9.87. The first-order valence-electron chi connectivity index (χ1n) is 8.50. The summed E-state index contributed by atoms with van der Waals surface area (Å²) in [6.45, 7) is 7.07. The van der Waals surface area contributed by atoms with Crippen LogP contribution in [0.2, 0.25) is 0 Å². The van der Waals surface area contributed by atoms with E-state index in [1.54, 1.807) is 12.1 Å². The smallest absolute Gasteiger partial charge is 0.323 e. The summed E-state index contributed by atoms with van der Waals surface area (Å²) in [4.78, 5) is 28.7. The first-order chi connectivity index (χ1) is 11.4. The number of halogens is 1. The van der Waals surface area contributed by atoms with Gasteiger partial charge in [0, 0.05) is 19.6 Å². The van der Waals surface area contributed by atoms with Crippen LogP contribution in [0.3, 0.4) is 0 Å². The third kappa shape index (κ3) is 3.29. The minimum Gasteiger partial charge on any atom is -0.323 e. The molecule has 6 heteroatoms. The second-order valence-corrected chi connectivity index (χ2v) is 7.23. The number of rotatable bonds is 4. The number of likely N-dealkylation sites (tertiary alicyclic amines) is 1. The highest BCUT2D eigenvalue weighted by molar-refractivity contribution is 6.07. The van der Waals surface area contributed by atoms with Gasteiger partial charge in [0.15, 0.2) is 0 Å². The number of piperidine rings is 1. The van der Waals surface area contributed by atoms with E-state index in [1.165, 1.54) is 17.0 Å². The van der Waals surface area contributed by atoms with Crippen molar-refractivity contribution in [1.29, 1.82) is 0 Å². The van der Waals surface area contributed by atoms with Gasteiger partial charge in [-0.3, -0.25) is 9.69 Å². The fraction of sp³-hybridized carbons (Fsp3) is 0.556. The number of benzene rings is 1. The predicted octanol–water partition coefficient (Wildman–Crippen LogP) is 2.37. The van der Waals surface area contributed by atoms with Gasteiger partial charge in [-0.2, -0.15) is 0 Å². The zero-order valence-electron chi connectivity index (χ0n) is 14.2. The lowest BCUT2D eigenvalue weighted by Crippen LogP contribution is -2.55. The predicted molar refractivity (Wildman–Crippen MR) is 88.7 cm³/mol. The molecule has 130 valence electrons. The summed E-state index contributed by atoms with van der Waals surface area (Å²) in [6, 6.07) is 5.64. The van der Waals surface area contributed by atoms with Crippen LogP contribution in [0.4, 0.5) is 9.18 Å². The van der Waals surface area contributed by atoms with E-state index in [9.17, 15) is 14.0 Å². The molecule has 2 heterocycles. The SMILES string of the molecule is CC(C)CN1CCC2(CC1)NC(=O)N(Cc1cccc(F)c1)C2=O. The molecule has 24 heavy (non-hydrogen) atoms. The zero-order valence-corrected chi connectivity index (χ0v) is 14.2. The lowest BCUT2D eigenvalue weighted by Gasteiger charge is -2.38. The summed E-state index contributed by atoms with van der Waals surface area (Å²) in [5, 5.41) is 2.89. The average Bonchev–Trinajstić information content (AvgIpc) is 2.74. The van der Waals surface area contributed by atoms with Crippen molar-refractivity contribution >= 4 is 11.9 Å². The highest BCUT2D eigenvalue weighted by Crippen LogP contribution is 2.30. The molecule has 2 aliphatic heterocycles. The van der Waals surface area contributed by atoms with E-state index in [4.69, 9.17) is 0 Å². The Morgan fingerprint density at radius 1 is 1.25 bits per heavy atom. The van der Waals surface area contributed by atoms with Crippen LogP contribution >= 0.6 is 0 Å². The topological polar surface area (TPSA) is 52.7 Å². The maximum atomic E-state index is 13.3. The number of hydrogen-bond acceptors (Lipinski definition) is 3. The van der Waals surface area contributed by atoms with Crippen molar-refractivity contribution in [2.75, 3.05) is 19.6 Å². The van der Waals surface area contributed by atoms with Gasteiger partial charge in [0.2, 0.25) is 0 Å². The Balaban J connectivity index is 1.68. The Bertz CT molecular complexity index is 639. The van der Waals surface area contributed by atoms with Gasteiger partial charge in [0.05, 0.1) is 6.54 Å². The van der Waals surface area contributed by atoms with Gasteiger partial charge in [-0.25, -0.2) is 9.18 Å². The standard InChI is InChI=1S/C18H24FN3O2/c1-13(2)11-21-8-6-18(7-9-21)16(23)22(17(24)20-18)12-14-4-3-5-15(19)10-14/h3-5,10,13H,6-9,11-12H2,1-2H3,(H,20,24). The molecule has 1 aromatic carbocycles. The Morgan fingerprint density at radius 3 is 2.58 bits per heavy atom. The van der Waals surface area contributed by atoms with Crippen LogP contribution < -0.4 is 5.32 Å². The monoisotopic (exact) mass is 333 g/mol.